The minimum absolute atomic E-state index is 0.0980. The lowest BCUT2D eigenvalue weighted by Crippen LogP contribution is -2.80. The van der Waals surface area contributed by atoms with Gasteiger partial charge in [-0.1, -0.05) is 11.6 Å². The summed E-state index contributed by atoms with van der Waals surface area (Å²) in [6.07, 6.45) is 0. The maximum Gasteiger partial charge on any atom is 0.253 e. The van der Waals surface area contributed by atoms with Crippen LogP contribution in [-0.4, -0.2) is 85.2 Å². The number of likely N-dealkylation sites (tertiary alicyclic amines) is 1. The first-order chi connectivity index (χ1) is 11.1. The van der Waals surface area contributed by atoms with Crippen LogP contribution in [0.4, 0.5) is 0 Å². The summed E-state index contributed by atoms with van der Waals surface area (Å²) in [4.78, 5) is 19.8. The first-order valence-electron chi connectivity index (χ1n) is 8.15. The maximum atomic E-state index is 12.9. The van der Waals surface area contributed by atoms with Crippen molar-refractivity contribution in [1.82, 2.24) is 14.7 Å². The number of rotatable bonds is 1. The minimum atomic E-state index is 0.0980. The Hall–Kier alpha value is -1.14. The topological polar surface area (TPSA) is 36.0 Å². The average Bonchev–Trinajstić information content (AvgIpc) is 2.53. The van der Waals surface area contributed by atoms with Gasteiger partial charge in [0.2, 0.25) is 0 Å². The first kappa shape index (κ1) is 15.4. The third-order valence-electron chi connectivity index (χ3n) is 5.26. The van der Waals surface area contributed by atoms with Crippen molar-refractivity contribution in [2.24, 2.45) is 0 Å². The van der Waals surface area contributed by atoms with E-state index >= 15 is 0 Å². The van der Waals surface area contributed by atoms with Gasteiger partial charge in [-0.15, -0.1) is 0 Å². The Balaban J connectivity index is 1.57. The van der Waals surface area contributed by atoms with Crippen molar-refractivity contribution in [3.8, 4) is 0 Å². The number of fused-ring (bicyclic) bond motifs is 2. The Kier molecular flexibility index (Phi) is 3.84. The third-order valence-corrected chi connectivity index (χ3v) is 5.51. The fraction of sp³-hybridized carbons (Fsp3) is 0.588. The molecule has 3 heterocycles. The van der Waals surface area contributed by atoms with Crippen LogP contribution in [0.3, 0.4) is 0 Å². The second kappa shape index (κ2) is 5.74. The lowest BCUT2D eigenvalue weighted by Gasteiger charge is -2.62. The van der Waals surface area contributed by atoms with Crippen molar-refractivity contribution in [2.75, 3.05) is 53.0 Å². The molecule has 5 nitrogen and oxygen atoms in total. The van der Waals surface area contributed by atoms with Gasteiger partial charge in [0.15, 0.2) is 0 Å². The summed E-state index contributed by atoms with van der Waals surface area (Å²) in [6, 6.07) is 7.49. The molecular formula is C17H22ClN3O2. The number of benzene rings is 1. The Morgan fingerprint density at radius 3 is 2.70 bits per heavy atom. The van der Waals surface area contributed by atoms with E-state index in [1.54, 1.807) is 12.1 Å². The van der Waals surface area contributed by atoms with Gasteiger partial charge in [-0.25, -0.2) is 0 Å². The summed E-state index contributed by atoms with van der Waals surface area (Å²) >= 11 is 5.93. The van der Waals surface area contributed by atoms with Crippen LogP contribution in [0.2, 0.25) is 5.02 Å². The van der Waals surface area contributed by atoms with E-state index in [4.69, 9.17) is 16.3 Å². The molecular weight excluding hydrogens is 314 g/mol. The van der Waals surface area contributed by atoms with E-state index in [1.807, 2.05) is 17.0 Å². The van der Waals surface area contributed by atoms with Crippen LogP contribution in [0.25, 0.3) is 0 Å². The highest BCUT2D eigenvalue weighted by molar-refractivity contribution is 6.30. The number of piperazine rings is 1. The highest BCUT2D eigenvalue weighted by Gasteiger charge is 2.53. The van der Waals surface area contributed by atoms with Crippen LogP contribution in [0, 0.1) is 0 Å². The van der Waals surface area contributed by atoms with Crippen molar-refractivity contribution in [3.05, 3.63) is 34.9 Å². The largest absolute Gasteiger partial charge is 0.378 e. The maximum absolute atomic E-state index is 12.9. The fourth-order valence-corrected chi connectivity index (χ4v) is 4.49. The molecule has 3 aliphatic rings. The van der Waals surface area contributed by atoms with E-state index in [9.17, 15) is 4.79 Å². The predicted molar refractivity (Wildman–Crippen MR) is 88.9 cm³/mol. The van der Waals surface area contributed by atoms with E-state index in [0.29, 0.717) is 16.6 Å². The molecule has 0 radical (unpaired) electrons. The second-order valence-electron chi connectivity index (χ2n) is 7.01. The van der Waals surface area contributed by atoms with Crippen molar-refractivity contribution in [2.45, 2.75) is 11.6 Å². The molecule has 0 aromatic heterocycles. The molecule has 4 rings (SSSR count). The van der Waals surface area contributed by atoms with E-state index in [-0.39, 0.29) is 11.4 Å². The standard InChI is InChI=1S/C17H22ClN3O2/c1-19-10-17(11-19)12-20(8-15-9-23-7-6-21(15)17)16(22)13-2-4-14(18)5-3-13/h2-5,15H,6-12H2,1H3/t15-/m1/s1. The molecule has 1 aromatic carbocycles. The van der Waals surface area contributed by atoms with Crippen LogP contribution in [0.5, 0.6) is 0 Å². The van der Waals surface area contributed by atoms with Crippen molar-refractivity contribution in [1.29, 1.82) is 0 Å². The lowest BCUT2D eigenvalue weighted by molar-refractivity contribution is -0.153. The smallest absolute Gasteiger partial charge is 0.253 e. The fourth-order valence-electron chi connectivity index (χ4n) is 4.37. The Morgan fingerprint density at radius 1 is 1.26 bits per heavy atom. The molecule has 0 N–H and O–H groups in total. The highest BCUT2D eigenvalue weighted by atomic mass is 35.5. The van der Waals surface area contributed by atoms with Gasteiger partial charge in [0.1, 0.15) is 0 Å². The number of nitrogens with zero attached hydrogens (tertiary/aromatic N) is 3. The van der Waals surface area contributed by atoms with Crippen LogP contribution in [-0.2, 0) is 4.74 Å². The molecule has 3 fully saturated rings. The number of carbonyl (C=O) groups excluding carboxylic acids is 1. The Labute approximate surface area is 141 Å². The van der Waals surface area contributed by atoms with Crippen LogP contribution in [0.15, 0.2) is 24.3 Å². The van der Waals surface area contributed by atoms with Crippen LogP contribution >= 0.6 is 11.6 Å². The molecule has 3 aliphatic heterocycles. The number of morpholine rings is 1. The predicted octanol–water partition coefficient (Wildman–Crippen LogP) is 1.18. The lowest BCUT2D eigenvalue weighted by atomic mass is 9.83. The SMILES string of the molecule is CN1CC2(C1)CN(C(=O)c1ccc(Cl)cc1)C[C@@H]1COCCN12. The van der Waals surface area contributed by atoms with Crippen LogP contribution in [0.1, 0.15) is 10.4 Å². The van der Waals surface area contributed by atoms with Crippen LogP contribution < -0.4 is 0 Å². The molecule has 0 unspecified atom stereocenters. The Bertz CT molecular complexity index is 600. The molecule has 0 saturated carbocycles. The average molecular weight is 336 g/mol. The normalized spacial score (nSPS) is 27.6. The van der Waals surface area contributed by atoms with Gasteiger partial charge in [0.05, 0.1) is 24.8 Å². The van der Waals surface area contributed by atoms with Gasteiger partial charge < -0.3 is 14.5 Å². The molecule has 1 amide bonds. The third kappa shape index (κ3) is 2.66. The van der Waals surface area contributed by atoms with E-state index < -0.39 is 0 Å². The number of ether oxygens (including phenoxy) is 1. The molecule has 1 atom stereocenters. The van der Waals surface area contributed by atoms with E-state index in [1.165, 1.54) is 0 Å². The number of carbonyl (C=O) groups is 1. The molecule has 0 bridgehead atoms. The summed E-state index contributed by atoms with van der Waals surface area (Å²) in [5, 5.41) is 0.657. The van der Waals surface area contributed by atoms with Gasteiger partial charge in [-0.3, -0.25) is 9.69 Å². The van der Waals surface area contributed by atoms with Crippen molar-refractivity contribution < 1.29 is 9.53 Å². The molecule has 0 aliphatic carbocycles. The van der Waals surface area contributed by atoms with Gasteiger partial charge >= 0.3 is 0 Å². The first-order valence-corrected chi connectivity index (χ1v) is 8.53. The summed E-state index contributed by atoms with van der Waals surface area (Å²) < 4.78 is 5.67. The quantitative estimate of drug-likeness (QED) is 0.772. The van der Waals surface area contributed by atoms with Gasteiger partial charge in [-0.05, 0) is 31.3 Å². The Morgan fingerprint density at radius 2 is 2.00 bits per heavy atom. The number of amides is 1. The number of halogens is 1. The molecule has 1 aromatic rings. The molecule has 1 spiro atoms. The second-order valence-corrected chi connectivity index (χ2v) is 7.45. The highest BCUT2D eigenvalue weighted by Crippen LogP contribution is 2.35. The van der Waals surface area contributed by atoms with Crippen molar-refractivity contribution in [3.63, 3.8) is 0 Å². The minimum Gasteiger partial charge on any atom is -0.378 e. The summed E-state index contributed by atoms with van der Waals surface area (Å²) in [6.45, 7) is 6.08. The summed E-state index contributed by atoms with van der Waals surface area (Å²) in [7, 11) is 2.14. The zero-order chi connectivity index (χ0) is 16.0. The molecule has 23 heavy (non-hydrogen) atoms. The van der Waals surface area contributed by atoms with E-state index in [0.717, 1.165) is 45.9 Å². The van der Waals surface area contributed by atoms with E-state index in [2.05, 4.69) is 16.8 Å². The summed E-state index contributed by atoms with van der Waals surface area (Å²) in [5.41, 5.74) is 0.811. The number of likely N-dealkylation sites (N-methyl/N-ethyl adjacent to an activating group) is 1. The molecule has 6 heteroatoms. The van der Waals surface area contributed by atoms with Gasteiger partial charge in [0, 0.05) is 43.3 Å². The monoisotopic (exact) mass is 335 g/mol. The van der Waals surface area contributed by atoms with Gasteiger partial charge in [0.25, 0.3) is 5.91 Å². The zero-order valence-electron chi connectivity index (χ0n) is 13.4. The number of hydrogen-bond donors (Lipinski definition) is 0. The number of hydrogen-bond acceptors (Lipinski definition) is 4. The summed E-state index contributed by atoms with van der Waals surface area (Å²) in [5.74, 6) is 0.0980. The zero-order valence-corrected chi connectivity index (χ0v) is 14.1. The molecule has 124 valence electrons. The molecule has 3 saturated heterocycles. The van der Waals surface area contributed by atoms with Crippen molar-refractivity contribution >= 4 is 17.5 Å². The van der Waals surface area contributed by atoms with Gasteiger partial charge in [-0.2, -0.15) is 0 Å².